The number of hydrogen-bond donors (Lipinski definition) is 1. The van der Waals surface area contributed by atoms with Gasteiger partial charge in [-0.1, -0.05) is 24.3 Å². The molecule has 0 aliphatic carbocycles. The summed E-state index contributed by atoms with van der Waals surface area (Å²) < 4.78 is 0. The number of para-hydroxylation sites is 1. The molecule has 1 N–H and O–H groups in total. The molecule has 1 saturated heterocycles. The summed E-state index contributed by atoms with van der Waals surface area (Å²) in [5.74, 6) is 1.75. The van der Waals surface area contributed by atoms with Crippen molar-refractivity contribution in [1.82, 2.24) is 9.97 Å². The smallest absolute Gasteiger partial charge is 0.257 e. The van der Waals surface area contributed by atoms with Gasteiger partial charge in [0.2, 0.25) is 0 Å². The number of amides is 1. The number of nitrogens with one attached hydrogen (secondary N) is 1. The van der Waals surface area contributed by atoms with Crippen LogP contribution in [0.4, 0.5) is 17.3 Å². The van der Waals surface area contributed by atoms with Crippen LogP contribution in [0.25, 0.3) is 0 Å². The maximum Gasteiger partial charge on any atom is 0.257 e. The Bertz CT molecular complexity index is 875. The SMILES string of the molecule is O=C(Nc1ccccc1)c1ccc(N2CCN(c3ccccn3)CC2)nc1. The van der Waals surface area contributed by atoms with Crippen molar-refractivity contribution in [2.45, 2.75) is 0 Å². The van der Waals surface area contributed by atoms with Crippen LogP contribution in [0.3, 0.4) is 0 Å². The predicted molar refractivity (Wildman–Crippen MR) is 107 cm³/mol. The number of hydrogen-bond acceptors (Lipinski definition) is 5. The highest BCUT2D eigenvalue weighted by atomic mass is 16.1. The van der Waals surface area contributed by atoms with Gasteiger partial charge in [-0.05, 0) is 36.4 Å². The molecule has 4 rings (SSSR count). The Labute approximate surface area is 158 Å². The number of rotatable bonds is 4. The molecule has 1 aromatic carbocycles. The summed E-state index contributed by atoms with van der Waals surface area (Å²) in [6.45, 7) is 3.54. The van der Waals surface area contributed by atoms with Gasteiger partial charge < -0.3 is 15.1 Å². The Hall–Kier alpha value is -3.41. The lowest BCUT2D eigenvalue weighted by Gasteiger charge is -2.36. The van der Waals surface area contributed by atoms with Crippen LogP contribution in [0.5, 0.6) is 0 Å². The van der Waals surface area contributed by atoms with Crippen LogP contribution >= 0.6 is 0 Å². The Morgan fingerprint density at radius 3 is 2.04 bits per heavy atom. The lowest BCUT2D eigenvalue weighted by molar-refractivity contribution is 0.102. The second-order valence-electron chi connectivity index (χ2n) is 6.39. The summed E-state index contributed by atoms with van der Waals surface area (Å²) in [6.07, 6.45) is 3.46. The second-order valence-corrected chi connectivity index (χ2v) is 6.39. The third-order valence-corrected chi connectivity index (χ3v) is 4.62. The molecular formula is C21H21N5O. The molecule has 0 radical (unpaired) electrons. The zero-order valence-electron chi connectivity index (χ0n) is 15.0. The molecule has 1 aliphatic heterocycles. The lowest BCUT2D eigenvalue weighted by atomic mass is 10.2. The number of aromatic nitrogens is 2. The topological polar surface area (TPSA) is 61.4 Å². The number of anilines is 3. The lowest BCUT2D eigenvalue weighted by Crippen LogP contribution is -2.47. The summed E-state index contributed by atoms with van der Waals surface area (Å²) >= 11 is 0. The summed E-state index contributed by atoms with van der Waals surface area (Å²) in [4.78, 5) is 25.7. The Kier molecular flexibility index (Phi) is 4.96. The fourth-order valence-corrected chi connectivity index (χ4v) is 3.14. The van der Waals surface area contributed by atoms with Crippen LogP contribution in [0.15, 0.2) is 73.1 Å². The van der Waals surface area contributed by atoms with Gasteiger partial charge in [0.1, 0.15) is 11.6 Å². The Balaban J connectivity index is 1.36. The van der Waals surface area contributed by atoms with Gasteiger partial charge in [-0.3, -0.25) is 4.79 Å². The van der Waals surface area contributed by atoms with Crippen molar-refractivity contribution in [3.63, 3.8) is 0 Å². The first kappa shape index (κ1) is 17.0. The van der Waals surface area contributed by atoms with Crippen LogP contribution in [0.2, 0.25) is 0 Å². The molecule has 0 bridgehead atoms. The minimum Gasteiger partial charge on any atom is -0.353 e. The fourth-order valence-electron chi connectivity index (χ4n) is 3.14. The fraction of sp³-hybridized carbons (Fsp3) is 0.190. The van der Waals surface area contributed by atoms with Gasteiger partial charge in [0.15, 0.2) is 0 Å². The molecule has 0 spiro atoms. The van der Waals surface area contributed by atoms with Crippen molar-refractivity contribution in [3.05, 3.63) is 78.6 Å². The molecule has 6 heteroatoms. The highest BCUT2D eigenvalue weighted by molar-refractivity contribution is 6.04. The van der Waals surface area contributed by atoms with Gasteiger partial charge in [0, 0.05) is 44.3 Å². The zero-order valence-corrected chi connectivity index (χ0v) is 15.0. The van der Waals surface area contributed by atoms with Crippen molar-refractivity contribution in [3.8, 4) is 0 Å². The van der Waals surface area contributed by atoms with Gasteiger partial charge in [0.05, 0.1) is 5.56 Å². The number of carbonyl (C=O) groups is 1. The zero-order chi connectivity index (χ0) is 18.5. The minimum atomic E-state index is -0.153. The summed E-state index contributed by atoms with van der Waals surface area (Å²) in [6, 6.07) is 19.1. The molecule has 27 heavy (non-hydrogen) atoms. The van der Waals surface area contributed by atoms with Crippen LogP contribution < -0.4 is 15.1 Å². The number of benzene rings is 1. The molecule has 0 atom stereocenters. The maximum absolute atomic E-state index is 12.3. The highest BCUT2D eigenvalue weighted by Crippen LogP contribution is 2.18. The molecular weight excluding hydrogens is 338 g/mol. The predicted octanol–water partition coefficient (Wildman–Crippen LogP) is 3.06. The molecule has 2 aromatic heterocycles. The molecule has 136 valence electrons. The molecule has 6 nitrogen and oxygen atoms in total. The standard InChI is InChI=1S/C21H21N5O/c27-21(24-18-6-2-1-3-7-18)17-9-10-20(23-16-17)26-14-12-25(13-15-26)19-8-4-5-11-22-19/h1-11,16H,12-15H2,(H,24,27). The van der Waals surface area contributed by atoms with Crippen molar-refractivity contribution >= 4 is 23.2 Å². The maximum atomic E-state index is 12.3. The van der Waals surface area contributed by atoms with E-state index in [9.17, 15) is 4.79 Å². The summed E-state index contributed by atoms with van der Waals surface area (Å²) in [7, 11) is 0. The largest absolute Gasteiger partial charge is 0.353 e. The normalized spacial score (nSPS) is 14.1. The Morgan fingerprint density at radius 2 is 1.44 bits per heavy atom. The van der Waals surface area contributed by atoms with Crippen LogP contribution in [0, 0.1) is 0 Å². The highest BCUT2D eigenvalue weighted by Gasteiger charge is 2.19. The third kappa shape index (κ3) is 4.06. The van der Waals surface area contributed by atoms with Crippen molar-refractivity contribution in [2.75, 3.05) is 41.3 Å². The molecule has 1 fully saturated rings. The number of carbonyl (C=O) groups excluding carboxylic acids is 1. The molecule has 0 unspecified atom stereocenters. The quantitative estimate of drug-likeness (QED) is 0.776. The van der Waals surface area contributed by atoms with E-state index in [0.717, 1.165) is 43.5 Å². The van der Waals surface area contributed by atoms with Gasteiger partial charge in [-0.2, -0.15) is 0 Å². The first-order valence-corrected chi connectivity index (χ1v) is 9.03. The molecule has 0 saturated carbocycles. The van der Waals surface area contributed by atoms with Crippen molar-refractivity contribution < 1.29 is 4.79 Å². The van der Waals surface area contributed by atoms with E-state index in [1.807, 2.05) is 66.9 Å². The van der Waals surface area contributed by atoms with E-state index in [1.54, 1.807) is 6.20 Å². The molecule has 1 amide bonds. The van der Waals surface area contributed by atoms with E-state index in [2.05, 4.69) is 25.1 Å². The summed E-state index contributed by atoms with van der Waals surface area (Å²) in [5.41, 5.74) is 1.33. The van der Waals surface area contributed by atoms with E-state index >= 15 is 0 Å². The Morgan fingerprint density at radius 1 is 0.778 bits per heavy atom. The average molecular weight is 359 g/mol. The van der Waals surface area contributed by atoms with E-state index in [-0.39, 0.29) is 5.91 Å². The first-order valence-electron chi connectivity index (χ1n) is 9.03. The monoisotopic (exact) mass is 359 g/mol. The third-order valence-electron chi connectivity index (χ3n) is 4.62. The summed E-state index contributed by atoms with van der Waals surface area (Å²) in [5, 5.41) is 2.88. The molecule has 3 heterocycles. The van der Waals surface area contributed by atoms with Gasteiger partial charge in [-0.15, -0.1) is 0 Å². The van der Waals surface area contributed by atoms with Crippen LogP contribution in [-0.2, 0) is 0 Å². The van der Waals surface area contributed by atoms with Crippen LogP contribution in [-0.4, -0.2) is 42.1 Å². The van der Waals surface area contributed by atoms with E-state index in [4.69, 9.17) is 0 Å². The van der Waals surface area contributed by atoms with E-state index < -0.39 is 0 Å². The van der Waals surface area contributed by atoms with E-state index in [0.29, 0.717) is 5.56 Å². The average Bonchev–Trinajstić information content (AvgIpc) is 2.75. The van der Waals surface area contributed by atoms with Gasteiger partial charge in [0.25, 0.3) is 5.91 Å². The van der Waals surface area contributed by atoms with E-state index in [1.165, 1.54) is 0 Å². The second kappa shape index (κ2) is 7.86. The van der Waals surface area contributed by atoms with Crippen molar-refractivity contribution in [1.29, 1.82) is 0 Å². The first-order chi connectivity index (χ1) is 13.3. The van der Waals surface area contributed by atoms with Crippen LogP contribution in [0.1, 0.15) is 10.4 Å². The van der Waals surface area contributed by atoms with Gasteiger partial charge >= 0.3 is 0 Å². The number of piperazine rings is 1. The number of pyridine rings is 2. The minimum absolute atomic E-state index is 0.153. The molecule has 3 aromatic rings. The molecule has 1 aliphatic rings. The van der Waals surface area contributed by atoms with Crippen molar-refractivity contribution in [2.24, 2.45) is 0 Å². The van der Waals surface area contributed by atoms with Gasteiger partial charge in [-0.25, -0.2) is 9.97 Å². The number of nitrogens with zero attached hydrogens (tertiary/aromatic N) is 4.